The van der Waals surface area contributed by atoms with E-state index < -0.39 is 5.97 Å². The van der Waals surface area contributed by atoms with Crippen LogP contribution in [0.25, 0.3) is 0 Å². The lowest BCUT2D eigenvalue weighted by molar-refractivity contribution is 0.0599. The van der Waals surface area contributed by atoms with Gasteiger partial charge < -0.3 is 9.64 Å². The molecule has 1 fully saturated rings. The summed E-state index contributed by atoms with van der Waals surface area (Å²) in [6.45, 7) is 0.585. The summed E-state index contributed by atoms with van der Waals surface area (Å²) in [6.07, 6.45) is 2.08. The molecule has 0 bridgehead atoms. The van der Waals surface area contributed by atoms with Crippen LogP contribution in [0.3, 0.4) is 0 Å². The number of amides is 1. The summed E-state index contributed by atoms with van der Waals surface area (Å²) >= 11 is 3.47. The SMILES string of the molecule is COC(=O)c1ccc(C(=O)N(Cc2cccc(Br)c2)C2CC2)cc1. The molecule has 0 aliphatic heterocycles. The van der Waals surface area contributed by atoms with Gasteiger partial charge in [0.1, 0.15) is 0 Å². The molecule has 2 aromatic carbocycles. The van der Waals surface area contributed by atoms with Crippen LogP contribution in [0, 0.1) is 0 Å². The van der Waals surface area contributed by atoms with Crippen LogP contribution >= 0.6 is 15.9 Å². The number of ether oxygens (including phenoxy) is 1. The molecule has 0 N–H and O–H groups in total. The zero-order valence-corrected chi connectivity index (χ0v) is 15.0. The molecule has 0 saturated heterocycles. The summed E-state index contributed by atoms with van der Waals surface area (Å²) in [5.74, 6) is -0.406. The highest BCUT2D eigenvalue weighted by Crippen LogP contribution is 2.30. The van der Waals surface area contributed by atoms with Gasteiger partial charge in [0.25, 0.3) is 5.91 Å². The molecule has 124 valence electrons. The highest BCUT2D eigenvalue weighted by atomic mass is 79.9. The van der Waals surface area contributed by atoms with Gasteiger partial charge in [0.15, 0.2) is 0 Å². The van der Waals surface area contributed by atoms with Gasteiger partial charge in [0, 0.05) is 22.6 Å². The van der Waals surface area contributed by atoms with Crippen molar-refractivity contribution in [2.45, 2.75) is 25.4 Å². The summed E-state index contributed by atoms with van der Waals surface area (Å²) in [6, 6.07) is 14.9. The molecule has 0 unspecified atom stereocenters. The lowest BCUT2D eigenvalue weighted by Gasteiger charge is -2.23. The molecule has 0 aromatic heterocycles. The maximum absolute atomic E-state index is 12.9. The van der Waals surface area contributed by atoms with E-state index in [1.165, 1.54) is 7.11 Å². The third-order valence-corrected chi connectivity index (χ3v) is 4.54. The minimum atomic E-state index is -0.401. The molecule has 1 aliphatic carbocycles. The smallest absolute Gasteiger partial charge is 0.337 e. The van der Waals surface area contributed by atoms with Crippen molar-refractivity contribution in [2.75, 3.05) is 7.11 Å². The predicted molar refractivity (Wildman–Crippen MR) is 94.8 cm³/mol. The molecule has 0 heterocycles. The molecule has 4 nitrogen and oxygen atoms in total. The number of carbonyl (C=O) groups is 2. The molecule has 3 rings (SSSR count). The van der Waals surface area contributed by atoms with Crippen molar-refractivity contribution in [1.29, 1.82) is 0 Å². The Morgan fingerprint density at radius 2 is 1.79 bits per heavy atom. The van der Waals surface area contributed by atoms with Gasteiger partial charge in [-0.05, 0) is 54.8 Å². The van der Waals surface area contributed by atoms with Gasteiger partial charge in [-0.15, -0.1) is 0 Å². The second-order valence-electron chi connectivity index (χ2n) is 5.86. The molecule has 0 atom stereocenters. The molecule has 2 aromatic rings. The normalized spacial score (nSPS) is 13.4. The Hall–Kier alpha value is -2.14. The Morgan fingerprint density at radius 1 is 1.12 bits per heavy atom. The first kappa shape index (κ1) is 16.7. The van der Waals surface area contributed by atoms with Crippen LogP contribution in [0.15, 0.2) is 53.0 Å². The van der Waals surface area contributed by atoms with Gasteiger partial charge >= 0.3 is 5.97 Å². The highest BCUT2D eigenvalue weighted by Gasteiger charge is 2.33. The second-order valence-corrected chi connectivity index (χ2v) is 6.78. The number of hydrogen-bond donors (Lipinski definition) is 0. The number of esters is 1. The van der Waals surface area contributed by atoms with Gasteiger partial charge in [-0.25, -0.2) is 4.79 Å². The van der Waals surface area contributed by atoms with Crippen LogP contribution in [0.1, 0.15) is 39.1 Å². The van der Waals surface area contributed by atoms with Gasteiger partial charge in [-0.1, -0.05) is 28.1 Å². The van der Waals surface area contributed by atoms with Crippen LogP contribution in [0.2, 0.25) is 0 Å². The first-order valence-electron chi connectivity index (χ1n) is 7.82. The molecule has 24 heavy (non-hydrogen) atoms. The van der Waals surface area contributed by atoms with Gasteiger partial charge in [-0.2, -0.15) is 0 Å². The molecular weight excluding hydrogens is 370 g/mol. The highest BCUT2D eigenvalue weighted by molar-refractivity contribution is 9.10. The van der Waals surface area contributed by atoms with Crippen LogP contribution < -0.4 is 0 Å². The van der Waals surface area contributed by atoms with Crippen LogP contribution in [0.4, 0.5) is 0 Å². The number of nitrogens with zero attached hydrogens (tertiary/aromatic N) is 1. The van der Waals surface area contributed by atoms with E-state index in [9.17, 15) is 9.59 Å². The van der Waals surface area contributed by atoms with Gasteiger partial charge in [0.2, 0.25) is 0 Å². The van der Waals surface area contributed by atoms with E-state index in [0.29, 0.717) is 23.7 Å². The zero-order valence-electron chi connectivity index (χ0n) is 13.4. The lowest BCUT2D eigenvalue weighted by atomic mass is 10.1. The van der Waals surface area contributed by atoms with Crippen molar-refractivity contribution in [3.8, 4) is 0 Å². The first-order chi connectivity index (χ1) is 11.6. The number of hydrogen-bond acceptors (Lipinski definition) is 3. The maximum Gasteiger partial charge on any atom is 0.337 e. The second kappa shape index (κ2) is 7.18. The van der Waals surface area contributed by atoms with E-state index in [4.69, 9.17) is 0 Å². The zero-order chi connectivity index (χ0) is 17.1. The van der Waals surface area contributed by atoms with E-state index in [0.717, 1.165) is 22.9 Å². The van der Waals surface area contributed by atoms with Crippen molar-refractivity contribution < 1.29 is 14.3 Å². The monoisotopic (exact) mass is 387 g/mol. The van der Waals surface area contributed by atoms with Crippen molar-refractivity contribution in [3.63, 3.8) is 0 Å². The number of benzene rings is 2. The summed E-state index contributed by atoms with van der Waals surface area (Å²) < 4.78 is 5.69. The standard InChI is InChI=1S/C19H18BrNO3/c1-24-19(23)15-7-5-14(6-8-15)18(22)21(17-9-10-17)12-13-3-2-4-16(20)11-13/h2-8,11,17H,9-10,12H2,1H3. The fourth-order valence-electron chi connectivity index (χ4n) is 2.62. The van der Waals surface area contributed by atoms with E-state index >= 15 is 0 Å². The van der Waals surface area contributed by atoms with Crippen LogP contribution in [0.5, 0.6) is 0 Å². The Morgan fingerprint density at radius 3 is 2.38 bits per heavy atom. The Balaban J connectivity index is 1.78. The van der Waals surface area contributed by atoms with Crippen LogP contribution in [-0.2, 0) is 11.3 Å². The Bertz CT molecular complexity index is 753. The fraction of sp³-hybridized carbons (Fsp3) is 0.263. The number of halogens is 1. The quantitative estimate of drug-likeness (QED) is 0.727. The van der Waals surface area contributed by atoms with Crippen LogP contribution in [-0.4, -0.2) is 29.9 Å². The molecule has 5 heteroatoms. The van der Waals surface area contributed by atoms with Crippen molar-refractivity contribution in [3.05, 3.63) is 69.7 Å². The van der Waals surface area contributed by atoms with E-state index in [2.05, 4.69) is 20.7 Å². The molecular formula is C19H18BrNO3. The molecule has 0 spiro atoms. The Kier molecular flexibility index (Phi) is 5.00. The third-order valence-electron chi connectivity index (χ3n) is 4.04. The number of rotatable bonds is 5. The van der Waals surface area contributed by atoms with Crippen molar-refractivity contribution in [1.82, 2.24) is 4.90 Å². The van der Waals surface area contributed by atoms with E-state index in [-0.39, 0.29) is 5.91 Å². The summed E-state index contributed by atoms with van der Waals surface area (Å²) in [7, 11) is 1.34. The molecule has 0 radical (unpaired) electrons. The van der Waals surface area contributed by atoms with Gasteiger partial charge in [0.05, 0.1) is 12.7 Å². The van der Waals surface area contributed by atoms with E-state index in [1.54, 1.807) is 24.3 Å². The average Bonchev–Trinajstić information content (AvgIpc) is 3.43. The average molecular weight is 388 g/mol. The molecule has 1 saturated carbocycles. The largest absolute Gasteiger partial charge is 0.465 e. The fourth-order valence-corrected chi connectivity index (χ4v) is 3.06. The van der Waals surface area contributed by atoms with Crippen molar-refractivity contribution in [2.24, 2.45) is 0 Å². The summed E-state index contributed by atoms with van der Waals surface area (Å²) in [5.41, 5.74) is 2.12. The first-order valence-corrected chi connectivity index (χ1v) is 8.61. The van der Waals surface area contributed by atoms with Gasteiger partial charge in [-0.3, -0.25) is 4.79 Å². The van der Waals surface area contributed by atoms with Crippen molar-refractivity contribution >= 4 is 27.8 Å². The predicted octanol–water partition coefficient (Wildman–Crippen LogP) is 4.04. The lowest BCUT2D eigenvalue weighted by Crippen LogP contribution is -2.32. The van der Waals surface area contributed by atoms with E-state index in [1.807, 2.05) is 29.2 Å². The third kappa shape index (κ3) is 3.85. The topological polar surface area (TPSA) is 46.6 Å². The minimum Gasteiger partial charge on any atom is -0.465 e. The summed E-state index contributed by atoms with van der Waals surface area (Å²) in [5, 5.41) is 0. The molecule has 1 aliphatic rings. The number of carbonyl (C=O) groups excluding carboxylic acids is 2. The Labute approximate surface area is 149 Å². The number of methoxy groups -OCH3 is 1. The maximum atomic E-state index is 12.9. The molecule has 1 amide bonds. The summed E-state index contributed by atoms with van der Waals surface area (Å²) in [4.78, 5) is 26.3. The minimum absolute atomic E-state index is 0.00566.